The van der Waals surface area contributed by atoms with Crippen molar-refractivity contribution in [3.8, 4) is 17.1 Å². The number of aromatic nitrogens is 5. The van der Waals surface area contributed by atoms with E-state index in [-0.39, 0.29) is 15.8 Å². The standard InChI is InChI=1S/C31H44N6O2SSi/c1-10-12-26(36-40(38)30(2,3)4)29-32-18-17-25(35-29)22-15-16-23-20-33-37(27(23)19-22)28-14-11-13-24(34-28)21-39-41(8,9)31(5,6)7/h11,13-20,26,36H,10,12,21H2,1-9H3/t26-,40?/m1/s1. The van der Waals surface area contributed by atoms with Crippen LogP contribution in [0.3, 0.4) is 0 Å². The zero-order valence-electron chi connectivity index (χ0n) is 25.9. The predicted octanol–water partition coefficient (Wildman–Crippen LogP) is 7.29. The van der Waals surface area contributed by atoms with Crippen molar-refractivity contribution < 1.29 is 8.98 Å². The maximum absolute atomic E-state index is 12.8. The van der Waals surface area contributed by atoms with Crippen molar-refractivity contribution in [1.29, 1.82) is 0 Å². The van der Waals surface area contributed by atoms with Gasteiger partial charge in [0.2, 0.25) is 0 Å². The van der Waals surface area contributed by atoms with E-state index in [1.807, 2.05) is 62.0 Å². The molecule has 10 heteroatoms. The Morgan fingerprint density at radius 2 is 1.80 bits per heavy atom. The fraction of sp³-hybridized carbons (Fsp3) is 0.484. The van der Waals surface area contributed by atoms with Crippen molar-refractivity contribution in [1.82, 2.24) is 29.5 Å². The molecule has 4 rings (SSSR count). The zero-order valence-corrected chi connectivity index (χ0v) is 27.7. The first-order valence-corrected chi connectivity index (χ1v) is 18.3. The minimum Gasteiger partial charge on any atom is -0.598 e. The van der Waals surface area contributed by atoms with Crippen molar-refractivity contribution in [2.24, 2.45) is 0 Å². The Bertz CT molecular complexity index is 1480. The lowest BCUT2D eigenvalue weighted by atomic mass is 10.1. The second kappa shape index (κ2) is 12.3. The molecule has 0 amide bonds. The summed E-state index contributed by atoms with van der Waals surface area (Å²) in [6.07, 6.45) is 5.34. The monoisotopic (exact) mass is 592 g/mol. The first-order chi connectivity index (χ1) is 19.2. The molecule has 1 aromatic carbocycles. The topological polar surface area (TPSA) is 101 Å². The molecular weight excluding hydrogens is 549 g/mol. The molecule has 0 fully saturated rings. The van der Waals surface area contributed by atoms with Crippen LogP contribution in [-0.4, -0.2) is 42.3 Å². The molecule has 0 saturated carbocycles. The molecule has 0 aliphatic carbocycles. The van der Waals surface area contributed by atoms with E-state index in [9.17, 15) is 4.55 Å². The SMILES string of the molecule is CCC[C@@H](N[S+]([O-])C(C)(C)C)c1nccc(-c2ccc3cnn(-c4cccc(CO[Si](C)(C)C(C)(C)C)n4)c3c2)n1. The van der Waals surface area contributed by atoms with Gasteiger partial charge < -0.3 is 8.98 Å². The van der Waals surface area contributed by atoms with Crippen LogP contribution in [0.5, 0.6) is 0 Å². The summed E-state index contributed by atoms with van der Waals surface area (Å²) in [6.45, 7) is 19.7. The zero-order chi connectivity index (χ0) is 30.0. The number of nitrogens with zero attached hydrogens (tertiary/aromatic N) is 5. The van der Waals surface area contributed by atoms with E-state index in [4.69, 9.17) is 14.4 Å². The Kier molecular flexibility index (Phi) is 9.40. The number of rotatable bonds is 10. The van der Waals surface area contributed by atoms with Gasteiger partial charge in [-0.3, -0.25) is 0 Å². The van der Waals surface area contributed by atoms with Crippen molar-refractivity contribution in [2.75, 3.05) is 0 Å². The average Bonchev–Trinajstić information content (AvgIpc) is 3.34. The number of fused-ring (bicyclic) bond motifs is 1. The number of hydrogen-bond acceptors (Lipinski definition) is 7. The Morgan fingerprint density at radius 1 is 1.05 bits per heavy atom. The van der Waals surface area contributed by atoms with Gasteiger partial charge in [-0.25, -0.2) is 19.6 Å². The number of nitrogens with one attached hydrogen (secondary N) is 1. The van der Waals surface area contributed by atoms with E-state index in [2.05, 4.69) is 67.7 Å². The summed E-state index contributed by atoms with van der Waals surface area (Å²) in [5.74, 6) is 1.39. The highest BCUT2D eigenvalue weighted by Gasteiger charge is 2.37. The fourth-order valence-corrected chi connectivity index (χ4v) is 5.81. The van der Waals surface area contributed by atoms with Gasteiger partial charge in [0.15, 0.2) is 14.1 Å². The van der Waals surface area contributed by atoms with Gasteiger partial charge in [-0.2, -0.15) is 5.10 Å². The second-order valence-electron chi connectivity index (χ2n) is 13.0. The Morgan fingerprint density at radius 3 is 2.49 bits per heavy atom. The number of hydrogen-bond donors (Lipinski definition) is 1. The Balaban J connectivity index is 1.63. The molecular formula is C31H44N6O2SSi. The number of benzene rings is 1. The molecule has 0 spiro atoms. The highest BCUT2D eigenvalue weighted by atomic mass is 32.2. The van der Waals surface area contributed by atoms with Crippen molar-refractivity contribution in [3.05, 3.63) is 66.4 Å². The summed E-state index contributed by atoms with van der Waals surface area (Å²) < 4.78 is 24.0. The van der Waals surface area contributed by atoms with Gasteiger partial charge in [-0.15, -0.1) is 4.72 Å². The van der Waals surface area contributed by atoms with Crippen molar-refractivity contribution >= 4 is 30.6 Å². The van der Waals surface area contributed by atoms with Gasteiger partial charge in [0.1, 0.15) is 16.6 Å². The van der Waals surface area contributed by atoms with E-state index in [1.165, 1.54) is 0 Å². The van der Waals surface area contributed by atoms with E-state index < -0.39 is 19.7 Å². The quantitative estimate of drug-likeness (QED) is 0.152. The van der Waals surface area contributed by atoms with Gasteiger partial charge in [0.25, 0.3) is 0 Å². The maximum Gasteiger partial charge on any atom is 0.192 e. The Labute approximate surface area is 248 Å². The molecule has 0 aliphatic rings. The van der Waals surface area contributed by atoms with E-state index >= 15 is 0 Å². The highest BCUT2D eigenvalue weighted by Crippen LogP contribution is 2.37. The first kappa shape index (κ1) is 31.3. The Hall–Kier alpha value is -2.63. The van der Waals surface area contributed by atoms with Crippen molar-refractivity contribution in [2.45, 2.75) is 96.8 Å². The molecule has 220 valence electrons. The van der Waals surface area contributed by atoms with Crippen LogP contribution in [0.2, 0.25) is 18.1 Å². The smallest absolute Gasteiger partial charge is 0.192 e. The molecule has 0 bridgehead atoms. The molecule has 41 heavy (non-hydrogen) atoms. The molecule has 0 radical (unpaired) electrons. The molecule has 2 atom stereocenters. The summed E-state index contributed by atoms with van der Waals surface area (Å²) in [7, 11) is -1.89. The highest BCUT2D eigenvalue weighted by molar-refractivity contribution is 7.90. The fourth-order valence-electron chi connectivity index (χ4n) is 4.03. The van der Waals surface area contributed by atoms with Crippen LogP contribution in [-0.2, 0) is 22.4 Å². The van der Waals surface area contributed by atoms with E-state index in [0.717, 1.165) is 46.5 Å². The van der Waals surface area contributed by atoms with Crippen LogP contribution in [0.25, 0.3) is 28.0 Å². The summed E-state index contributed by atoms with van der Waals surface area (Å²) in [4.78, 5) is 14.3. The van der Waals surface area contributed by atoms with Gasteiger partial charge in [0, 0.05) is 28.5 Å². The molecule has 1 N–H and O–H groups in total. The number of pyridine rings is 1. The summed E-state index contributed by atoms with van der Waals surface area (Å²) in [5, 5.41) is 5.81. The molecule has 3 heterocycles. The normalized spacial score (nSPS) is 14.4. The third kappa shape index (κ3) is 7.42. The van der Waals surface area contributed by atoms with Gasteiger partial charge in [-0.1, -0.05) is 52.3 Å². The van der Waals surface area contributed by atoms with Crippen LogP contribution in [0.4, 0.5) is 0 Å². The van der Waals surface area contributed by atoms with E-state index in [1.54, 1.807) is 6.20 Å². The lowest BCUT2D eigenvalue weighted by molar-refractivity contribution is 0.272. The van der Waals surface area contributed by atoms with Crippen LogP contribution in [0.15, 0.2) is 54.9 Å². The van der Waals surface area contributed by atoms with Gasteiger partial charge in [-0.05, 0) is 69.6 Å². The van der Waals surface area contributed by atoms with Crippen LogP contribution < -0.4 is 4.72 Å². The van der Waals surface area contributed by atoms with Crippen LogP contribution in [0, 0.1) is 0 Å². The largest absolute Gasteiger partial charge is 0.598 e. The molecule has 4 aromatic rings. The van der Waals surface area contributed by atoms with Gasteiger partial charge >= 0.3 is 0 Å². The molecule has 8 nitrogen and oxygen atoms in total. The summed E-state index contributed by atoms with van der Waals surface area (Å²) >= 11 is -1.23. The molecule has 0 aliphatic heterocycles. The lowest BCUT2D eigenvalue weighted by Gasteiger charge is -2.36. The van der Waals surface area contributed by atoms with E-state index in [0.29, 0.717) is 12.4 Å². The molecule has 0 saturated heterocycles. The predicted molar refractivity (Wildman–Crippen MR) is 171 cm³/mol. The average molecular weight is 593 g/mol. The second-order valence-corrected chi connectivity index (χ2v) is 19.8. The van der Waals surface area contributed by atoms with Crippen LogP contribution in [0.1, 0.15) is 78.9 Å². The van der Waals surface area contributed by atoms with Crippen molar-refractivity contribution in [3.63, 3.8) is 0 Å². The van der Waals surface area contributed by atoms with Gasteiger partial charge in [0.05, 0.1) is 29.7 Å². The third-order valence-electron chi connectivity index (χ3n) is 7.63. The maximum atomic E-state index is 12.8. The molecule has 1 unspecified atom stereocenters. The summed E-state index contributed by atoms with van der Waals surface area (Å²) in [5.41, 5.74) is 3.58. The lowest BCUT2D eigenvalue weighted by Crippen LogP contribution is -2.41. The third-order valence-corrected chi connectivity index (χ3v) is 13.7. The molecule has 3 aromatic heterocycles. The van der Waals surface area contributed by atoms with Crippen LogP contribution >= 0.6 is 0 Å². The first-order valence-electron chi connectivity index (χ1n) is 14.3. The minimum atomic E-state index is -1.89. The summed E-state index contributed by atoms with van der Waals surface area (Å²) in [6, 6.07) is 13.9. The minimum absolute atomic E-state index is 0.135.